The van der Waals surface area contributed by atoms with Crippen molar-refractivity contribution >= 4 is 45.4 Å². The number of thiazole rings is 1. The van der Waals surface area contributed by atoms with Gasteiger partial charge in [-0.15, -0.1) is 11.3 Å². The van der Waals surface area contributed by atoms with Crippen LogP contribution >= 0.6 is 11.3 Å². The van der Waals surface area contributed by atoms with Gasteiger partial charge in [-0.1, -0.05) is 66.2 Å². The van der Waals surface area contributed by atoms with Crippen molar-refractivity contribution in [1.29, 1.82) is 0 Å². The topological polar surface area (TPSA) is 147 Å². The third-order valence-corrected chi connectivity index (χ3v) is 9.79. The predicted octanol–water partition coefficient (Wildman–Crippen LogP) is 7.95. The molecule has 282 valence electrons. The van der Waals surface area contributed by atoms with E-state index in [-0.39, 0.29) is 18.0 Å². The van der Waals surface area contributed by atoms with Gasteiger partial charge < -0.3 is 25.7 Å². The van der Waals surface area contributed by atoms with E-state index in [0.29, 0.717) is 36.0 Å². The van der Waals surface area contributed by atoms with Crippen LogP contribution in [0.2, 0.25) is 0 Å². The lowest BCUT2D eigenvalue weighted by Crippen LogP contribution is -2.45. The standard InChI is InChI=1S/C17H18N2O2S.C13H17N3O2.C7H12O.C4H10/c1-9(2)14-8-22-17(19-14)13-7-12-10(3)15(21-4)6-5-11(12)16(20)18-13;14-13(18)11-7-4-8-16(11)12(17)9-15-10-5-2-1-3-6-10;1-3-6-4-7(6)5(2)8;1-4(2)3/h5-9H,1-4H3,(H,18,20);1-3,5-6,11,15H,4,7-9H2,(H2,14,18);6-7H,3-4H2,1-2H3;4H,1-3H3/t;11-;6?,7-;/m.01./s1. The minimum absolute atomic E-state index is 0.0832. The van der Waals surface area contributed by atoms with Gasteiger partial charge in [0.05, 0.1) is 25.0 Å². The summed E-state index contributed by atoms with van der Waals surface area (Å²) < 4.78 is 5.35. The maximum atomic E-state index is 12.3. The highest BCUT2D eigenvalue weighted by Crippen LogP contribution is 2.41. The number of aromatic nitrogens is 2. The van der Waals surface area contributed by atoms with Crippen LogP contribution in [-0.4, -0.2) is 58.7 Å². The van der Waals surface area contributed by atoms with E-state index in [1.807, 2.05) is 54.8 Å². The molecule has 2 aromatic carbocycles. The van der Waals surface area contributed by atoms with E-state index in [4.69, 9.17) is 10.5 Å². The molecule has 2 aromatic heterocycles. The first-order valence-electron chi connectivity index (χ1n) is 18.2. The summed E-state index contributed by atoms with van der Waals surface area (Å²) in [5.74, 6) is 3.06. The zero-order chi connectivity index (χ0) is 38.5. The van der Waals surface area contributed by atoms with Crippen molar-refractivity contribution in [3.05, 3.63) is 75.5 Å². The molecule has 0 radical (unpaired) electrons. The molecule has 0 bridgehead atoms. The number of carbonyl (C=O) groups excluding carboxylic acids is 3. The number of H-pyrrole nitrogens is 1. The van der Waals surface area contributed by atoms with Gasteiger partial charge in [-0.2, -0.15) is 0 Å². The van der Waals surface area contributed by atoms with E-state index < -0.39 is 11.9 Å². The highest BCUT2D eigenvalue weighted by molar-refractivity contribution is 7.13. The molecule has 4 aromatic rings. The van der Waals surface area contributed by atoms with E-state index in [1.54, 1.807) is 36.3 Å². The zero-order valence-electron chi connectivity index (χ0n) is 32.2. The number of nitrogens with zero attached hydrogens (tertiary/aromatic N) is 2. The summed E-state index contributed by atoms with van der Waals surface area (Å²) in [6, 6.07) is 14.7. The minimum Gasteiger partial charge on any atom is -0.496 e. The number of Topliss-reactive ketones (excluding diaryl/α,β-unsaturated/α-hetero) is 1. The minimum atomic E-state index is -0.435. The van der Waals surface area contributed by atoms with Gasteiger partial charge in [0.25, 0.3) is 5.56 Å². The van der Waals surface area contributed by atoms with Gasteiger partial charge in [0.15, 0.2) is 0 Å². The average Bonchev–Trinajstić information content (AvgIpc) is 3.46. The second-order valence-electron chi connectivity index (χ2n) is 14.3. The number of methoxy groups -OCH3 is 1. The number of nitrogens with one attached hydrogen (secondary N) is 2. The van der Waals surface area contributed by atoms with E-state index in [1.165, 1.54) is 6.42 Å². The lowest BCUT2D eigenvalue weighted by molar-refractivity contribution is -0.135. The number of hydrogen-bond donors (Lipinski definition) is 3. The SMILES string of the molecule is CC(C)C.CCC1C[C@@H]1C(C)=O.COc1ccc2c(=O)[nH]c(-c3nc(C(C)C)cs3)cc2c1C.NC(=O)[C@@H]1CCCN1C(=O)CNc1ccccc1. The van der Waals surface area contributed by atoms with Crippen LogP contribution in [-0.2, 0) is 14.4 Å². The van der Waals surface area contributed by atoms with Gasteiger partial charge in [-0.05, 0) is 92.1 Å². The van der Waals surface area contributed by atoms with E-state index >= 15 is 0 Å². The molecule has 2 amide bonds. The number of primary amides is 1. The molecular weight excluding hydrogens is 675 g/mol. The molecule has 6 rings (SSSR count). The fraction of sp³-hybridized carbons (Fsp3) is 0.488. The molecular formula is C41H57N5O5S. The Kier molecular flexibility index (Phi) is 16.1. The summed E-state index contributed by atoms with van der Waals surface area (Å²) in [4.78, 5) is 55.2. The number of fused-ring (bicyclic) bond motifs is 1. The maximum absolute atomic E-state index is 12.3. The molecule has 1 saturated heterocycles. The number of ether oxygens (including phenoxy) is 1. The number of aromatic amines is 1. The van der Waals surface area contributed by atoms with Crippen molar-refractivity contribution in [1.82, 2.24) is 14.9 Å². The highest BCUT2D eigenvalue weighted by atomic mass is 32.1. The van der Waals surface area contributed by atoms with Crippen LogP contribution < -0.4 is 21.3 Å². The fourth-order valence-corrected chi connectivity index (χ4v) is 6.82. The van der Waals surface area contributed by atoms with Crippen molar-refractivity contribution in [3.63, 3.8) is 0 Å². The van der Waals surface area contributed by atoms with Crippen LogP contribution in [0, 0.1) is 24.7 Å². The van der Waals surface area contributed by atoms with Crippen molar-refractivity contribution in [3.8, 4) is 16.5 Å². The Morgan fingerprint density at radius 1 is 1.08 bits per heavy atom. The summed E-state index contributed by atoms with van der Waals surface area (Å²) in [5, 5.41) is 7.49. The molecule has 1 unspecified atom stereocenters. The van der Waals surface area contributed by atoms with Gasteiger partial charge >= 0.3 is 0 Å². The monoisotopic (exact) mass is 731 g/mol. The molecule has 1 saturated carbocycles. The van der Waals surface area contributed by atoms with E-state index in [9.17, 15) is 19.2 Å². The molecule has 4 N–H and O–H groups in total. The van der Waals surface area contributed by atoms with E-state index in [0.717, 1.165) is 63.5 Å². The molecule has 52 heavy (non-hydrogen) atoms. The van der Waals surface area contributed by atoms with Crippen LogP contribution in [0.5, 0.6) is 5.75 Å². The second kappa shape index (κ2) is 19.9. The number of nitrogens with two attached hydrogens (primary N) is 1. The van der Waals surface area contributed by atoms with Crippen molar-refractivity contribution < 1.29 is 19.1 Å². The van der Waals surface area contributed by atoms with Gasteiger partial charge in [0.1, 0.15) is 22.6 Å². The van der Waals surface area contributed by atoms with Gasteiger partial charge in [0, 0.05) is 28.9 Å². The summed E-state index contributed by atoms with van der Waals surface area (Å²) in [6.07, 6.45) is 3.85. The van der Waals surface area contributed by atoms with Gasteiger partial charge in [0.2, 0.25) is 11.8 Å². The third-order valence-electron chi connectivity index (χ3n) is 8.90. The highest BCUT2D eigenvalue weighted by Gasteiger charge is 2.38. The molecule has 3 atom stereocenters. The third kappa shape index (κ3) is 12.0. The summed E-state index contributed by atoms with van der Waals surface area (Å²) >= 11 is 1.55. The first-order chi connectivity index (χ1) is 24.7. The Morgan fingerprint density at radius 2 is 1.75 bits per heavy atom. The van der Waals surface area contributed by atoms with Crippen LogP contribution in [0.15, 0.2) is 58.7 Å². The smallest absolute Gasteiger partial charge is 0.256 e. The number of carbonyl (C=O) groups is 3. The number of para-hydroxylation sites is 1. The Hall–Kier alpha value is -4.51. The first-order valence-corrected chi connectivity index (χ1v) is 19.1. The van der Waals surface area contributed by atoms with Crippen molar-refractivity contribution in [2.45, 2.75) is 93.0 Å². The maximum Gasteiger partial charge on any atom is 0.256 e. The number of aryl methyl sites for hydroxylation is 1. The molecule has 1 aliphatic carbocycles. The molecule has 2 aliphatic rings. The Balaban J connectivity index is 0.000000216. The fourth-order valence-electron chi connectivity index (χ4n) is 5.87. The molecule has 0 spiro atoms. The quantitative estimate of drug-likeness (QED) is 0.158. The van der Waals surface area contributed by atoms with Crippen LogP contribution in [0.3, 0.4) is 0 Å². The molecule has 1 aliphatic heterocycles. The van der Waals surface area contributed by atoms with Gasteiger partial charge in [-0.3, -0.25) is 19.2 Å². The average molecular weight is 732 g/mol. The normalized spacial score (nSPS) is 17.3. The largest absolute Gasteiger partial charge is 0.496 e. The van der Waals surface area contributed by atoms with Gasteiger partial charge in [-0.25, -0.2) is 4.98 Å². The number of likely N-dealkylation sites (tertiary alicyclic amines) is 1. The number of benzene rings is 2. The number of hydrogen-bond acceptors (Lipinski definition) is 8. The van der Waals surface area contributed by atoms with Crippen LogP contribution in [0.4, 0.5) is 5.69 Å². The number of rotatable bonds is 9. The number of amides is 2. The zero-order valence-corrected chi connectivity index (χ0v) is 33.1. The second-order valence-corrected chi connectivity index (χ2v) is 15.2. The summed E-state index contributed by atoms with van der Waals surface area (Å²) in [5.41, 5.74) is 8.84. The van der Waals surface area contributed by atoms with E-state index in [2.05, 4.69) is 56.8 Å². The predicted molar refractivity (Wildman–Crippen MR) is 213 cm³/mol. The van der Waals surface area contributed by atoms with Crippen molar-refractivity contribution in [2.24, 2.45) is 23.5 Å². The Bertz CT molecular complexity index is 1830. The first kappa shape index (κ1) is 41.9. The van der Waals surface area contributed by atoms with Crippen LogP contribution in [0.25, 0.3) is 21.5 Å². The lowest BCUT2D eigenvalue weighted by atomic mass is 10.1. The summed E-state index contributed by atoms with van der Waals surface area (Å²) in [7, 11) is 1.64. The van der Waals surface area contributed by atoms with Crippen molar-refractivity contribution in [2.75, 3.05) is 25.5 Å². The number of anilines is 1. The molecule has 2 fully saturated rings. The lowest BCUT2D eigenvalue weighted by Gasteiger charge is -2.22. The Morgan fingerprint density at radius 3 is 2.27 bits per heavy atom. The summed E-state index contributed by atoms with van der Waals surface area (Å²) in [6.45, 7) is 17.3. The molecule has 3 heterocycles. The number of ketones is 1. The van der Waals surface area contributed by atoms with Crippen LogP contribution in [0.1, 0.15) is 91.3 Å². The molecule has 11 heteroatoms. The Labute approximate surface area is 312 Å². The number of pyridine rings is 1. The molecule has 10 nitrogen and oxygen atoms in total.